The summed E-state index contributed by atoms with van der Waals surface area (Å²) in [4.78, 5) is 0. The van der Waals surface area contributed by atoms with Crippen LogP contribution in [0.3, 0.4) is 0 Å². The van der Waals surface area contributed by atoms with E-state index in [1.807, 2.05) is 0 Å². The van der Waals surface area contributed by atoms with Gasteiger partial charge in [-0.15, -0.1) is 0 Å². The van der Waals surface area contributed by atoms with E-state index in [0.717, 1.165) is 25.7 Å². The Morgan fingerprint density at radius 3 is 2.35 bits per heavy atom. The fourth-order valence-electron chi connectivity index (χ4n) is 2.23. The predicted octanol–water partition coefficient (Wildman–Crippen LogP) is 1.83. The van der Waals surface area contributed by atoms with Crippen LogP contribution in [0.1, 0.15) is 25.7 Å². The molecule has 1 aliphatic rings. The highest BCUT2D eigenvalue weighted by Crippen LogP contribution is 2.37. The van der Waals surface area contributed by atoms with Crippen molar-refractivity contribution >= 4 is 0 Å². The SMILES string of the molecule is N#CC(CNCC1(CO)CCCC1)C(F)(F)F. The lowest BCUT2D eigenvalue weighted by atomic mass is 9.87. The Morgan fingerprint density at radius 2 is 1.94 bits per heavy atom. The van der Waals surface area contributed by atoms with Gasteiger partial charge in [0.05, 0.1) is 6.07 Å². The molecule has 0 spiro atoms. The van der Waals surface area contributed by atoms with Crippen LogP contribution in [-0.2, 0) is 0 Å². The molecule has 0 aliphatic heterocycles. The number of nitriles is 1. The van der Waals surface area contributed by atoms with E-state index in [4.69, 9.17) is 5.26 Å². The first-order valence-electron chi connectivity index (χ1n) is 5.71. The number of halogens is 3. The summed E-state index contributed by atoms with van der Waals surface area (Å²) in [5.74, 6) is -1.97. The molecule has 17 heavy (non-hydrogen) atoms. The van der Waals surface area contributed by atoms with Gasteiger partial charge in [-0.3, -0.25) is 0 Å². The summed E-state index contributed by atoms with van der Waals surface area (Å²) in [5, 5.41) is 20.4. The van der Waals surface area contributed by atoms with Crippen molar-refractivity contribution in [3.8, 4) is 6.07 Å². The second-order valence-electron chi connectivity index (χ2n) is 4.72. The fourth-order valence-corrected chi connectivity index (χ4v) is 2.23. The summed E-state index contributed by atoms with van der Waals surface area (Å²) in [7, 11) is 0. The van der Waals surface area contributed by atoms with Crippen molar-refractivity contribution in [2.75, 3.05) is 19.7 Å². The molecular formula is C11H17F3N2O. The first-order chi connectivity index (χ1) is 7.93. The second-order valence-corrected chi connectivity index (χ2v) is 4.72. The molecular weight excluding hydrogens is 233 g/mol. The molecule has 2 N–H and O–H groups in total. The average Bonchev–Trinajstić information content (AvgIpc) is 2.72. The number of hydrogen-bond acceptors (Lipinski definition) is 3. The van der Waals surface area contributed by atoms with Crippen LogP contribution in [0.15, 0.2) is 0 Å². The smallest absolute Gasteiger partial charge is 0.396 e. The quantitative estimate of drug-likeness (QED) is 0.782. The third kappa shape index (κ3) is 3.86. The third-order valence-corrected chi connectivity index (χ3v) is 3.40. The molecule has 1 unspecified atom stereocenters. The monoisotopic (exact) mass is 250 g/mol. The minimum absolute atomic E-state index is 0.0107. The van der Waals surface area contributed by atoms with Gasteiger partial charge in [0.2, 0.25) is 0 Å². The Morgan fingerprint density at radius 1 is 1.35 bits per heavy atom. The van der Waals surface area contributed by atoms with Gasteiger partial charge in [-0.05, 0) is 12.8 Å². The molecule has 0 aromatic heterocycles. The van der Waals surface area contributed by atoms with Gasteiger partial charge in [0.1, 0.15) is 0 Å². The minimum atomic E-state index is -4.48. The van der Waals surface area contributed by atoms with Gasteiger partial charge in [0.25, 0.3) is 0 Å². The molecule has 0 radical (unpaired) electrons. The molecule has 0 heterocycles. The second kappa shape index (κ2) is 5.69. The maximum atomic E-state index is 12.3. The molecule has 0 aromatic rings. The summed E-state index contributed by atoms with van der Waals surface area (Å²) >= 11 is 0. The first-order valence-corrected chi connectivity index (χ1v) is 5.71. The Kier molecular flexibility index (Phi) is 4.78. The van der Waals surface area contributed by atoms with Gasteiger partial charge in [-0.2, -0.15) is 18.4 Å². The van der Waals surface area contributed by atoms with Crippen molar-refractivity contribution in [3.63, 3.8) is 0 Å². The number of nitrogens with zero attached hydrogens (tertiary/aromatic N) is 1. The lowest BCUT2D eigenvalue weighted by Gasteiger charge is -2.27. The van der Waals surface area contributed by atoms with Crippen LogP contribution in [0.5, 0.6) is 0 Å². The topological polar surface area (TPSA) is 56.0 Å². The zero-order chi connectivity index (χ0) is 12.9. The highest BCUT2D eigenvalue weighted by molar-refractivity contribution is 4.92. The van der Waals surface area contributed by atoms with E-state index in [1.54, 1.807) is 0 Å². The molecule has 98 valence electrons. The Hall–Kier alpha value is -0.800. The molecule has 1 fully saturated rings. The molecule has 6 heteroatoms. The summed E-state index contributed by atoms with van der Waals surface area (Å²) in [6, 6.07) is 1.25. The average molecular weight is 250 g/mol. The van der Waals surface area contributed by atoms with Crippen molar-refractivity contribution < 1.29 is 18.3 Å². The highest BCUT2D eigenvalue weighted by Gasteiger charge is 2.40. The first kappa shape index (κ1) is 14.3. The maximum Gasteiger partial charge on any atom is 0.405 e. The summed E-state index contributed by atoms with van der Waals surface area (Å²) in [5.41, 5.74) is -0.286. The lowest BCUT2D eigenvalue weighted by molar-refractivity contribution is -0.157. The van der Waals surface area contributed by atoms with E-state index in [2.05, 4.69) is 5.32 Å². The number of hydrogen-bond donors (Lipinski definition) is 2. The molecule has 1 saturated carbocycles. The van der Waals surface area contributed by atoms with Gasteiger partial charge in [-0.25, -0.2) is 0 Å². The van der Waals surface area contributed by atoms with Gasteiger partial charge in [0.15, 0.2) is 5.92 Å². The van der Waals surface area contributed by atoms with Crippen molar-refractivity contribution in [3.05, 3.63) is 0 Å². The standard InChI is InChI=1S/C11H17F3N2O/c12-11(13,14)9(5-15)6-16-7-10(8-17)3-1-2-4-10/h9,16-17H,1-4,6-8H2. The van der Waals surface area contributed by atoms with Crippen LogP contribution in [0.2, 0.25) is 0 Å². The predicted molar refractivity (Wildman–Crippen MR) is 56.0 cm³/mol. The third-order valence-electron chi connectivity index (χ3n) is 3.40. The minimum Gasteiger partial charge on any atom is -0.396 e. The maximum absolute atomic E-state index is 12.3. The van der Waals surface area contributed by atoms with E-state index in [1.165, 1.54) is 6.07 Å². The van der Waals surface area contributed by atoms with E-state index in [0.29, 0.717) is 6.54 Å². The molecule has 0 amide bonds. The molecule has 1 rings (SSSR count). The van der Waals surface area contributed by atoms with E-state index < -0.39 is 18.6 Å². The fraction of sp³-hybridized carbons (Fsp3) is 0.909. The van der Waals surface area contributed by atoms with Gasteiger partial charge >= 0.3 is 6.18 Å². The molecule has 3 nitrogen and oxygen atoms in total. The summed E-state index contributed by atoms with van der Waals surface area (Å²) in [6.45, 7) is -0.0667. The summed E-state index contributed by atoms with van der Waals surface area (Å²) < 4.78 is 36.9. The Balaban J connectivity index is 2.39. The lowest BCUT2D eigenvalue weighted by Crippen LogP contribution is -2.40. The van der Waals surface area contributed by atoms with Crippen molar-refractivity contribution in [1.82, 2.24) is 5.32 Å². The largest absolute Gasteiger partial charge is 0.405 e. The Bertz CT molecular complexity index is 279. The van der Waals surface area contributed by atoms with Crippen LogP contribution in [-0.4, -0.2) is 31.0 Å². The van der Waals surface area contributed by atoms with Crippen molar-refractivity contribution in [1.29, 1.82) is 5.26 Å². The number of aliphatic hydroxyl groups is 1. The van der Waals surface area contributed by atoms with Crippen LogP contribution in [0.4, 0.5) is 13.2 Å². The van der Waals surface area contributed by atoms with Gasteiger partial charge < -0.3 is 10.4 Å². The highest BCUT2D eigenvalue weighted by atomic mass is 19.4. The molecule has 1 aliphatic carbocycles. The van der Waals surface area contributed by atoms with E-state index >= 15 is 0 Å². The molecule has 0 bridgehead atoms. The van der Waals surface area contributed by atoms with Gasteiger partial charge in [-0.1, -0.05) is 12.8 Å². The van der Waals surface area contributed by atoms with Crippen LogP contribution >= 0.6 is 0 Å². The normalized spacial score (nSPS) is 21.1. The van der Waals surface area contributed by atoms with Crippen molar-refractivity contribution in [2.24, 2.45) is 11.3 Å². The van der Waals surface area contributed by atoms with Crippen LogP contribution < -0.4 is 5.32 Å². The van der Waals surface area contributed by atoms with Crippen LogP contribution in [0, 0.1) is 22.7 Å². The molecule has 0 aromatic carbocycles. The van der Waals surface area contributed by atoms with E-state index in [9.17, 15) is 18.3 Å². The van der Waals surface area contributed by atoms with Crippen molar-refractivity contribution in [2.45, 2.75) is 31.9 Å². The number of rotatable bonds is 5. The number of nitrogens with one attached hydrogen (secondary N) is 1. The summed E-state index contributed by atoms with van der Waals surface area (Å²) in [6.07, 6.45) is -0.810. The number of alkyl halides is 3. The molecule has 0 saturated heterocycles. The number of aliphatic hydroxyl groups excluding tert-OH is 1. The van der Waals surface area contributed by atoms with Gasteiger partial charge in [0, 0.05) is 25.1 Å². The zero-order valence-electron chi connectivity index (χ0n) is 9.56. The van der Waals surface area contributed by atoms with E-state index in [-0.39, 0.29) is 12.0 Å². The Labute approximate surface area is 98.6 Å². The van der Waals surface area contributed by atoms with Crippen LogP contribution in [0.25, 0.3) is 0 Å². The molecule has 1 atom stereocenters. The zero-order valence-corrected chi connectivity index (χ0v) is 9.56.